The van der Waals surface area contributed by atoms with Crippen molar-refractivity contribution < 1.29 is 14.3 Å². The molecule has 0 unspecified atom stereocenters. The fraction of sp³-hybridized carbons (Fsp3) is 0.250. The Morgan fingerprint density at radius 2 is 2.26 bits per heavy atom. The minimum atomic E-state index is -1.10. The van der Waals surface area contributed by atoms with Crippen molar-refractivity contribution in [2.24, 2.45) is 0 Å². The van der Waals surface area contributed by atoms with Crippen molar-refractivity contribution in [2.75, 3.05) is 19.0 Å². The molecule has 1 N–H and O–H groups in total. The fourth-order valence-corrected chi connectivity index (χ4v) is 1.58. The van der Waals surface area contributed by atoms with E-state index in [1.807, 2.05) is 0 Å². The maximum Gasteiger partial charge on any atom is 0.339 e. The smallest absolute Gasteiger partial charge is 0.339 e. The third-order valence-corrected chi connectivity index (χ3v) is 2.64. The molecule has 0 aliphatic rings. The Morgan fingerprint density at radius 1 is 1.53 bits per heavy atom. The van der Waals surface area contributed by atoms with Crippen LogP contribution >= 0.6 is 0 Å². The number of aromatic carboxylic acids is 1. The van der Waals surface area contributed by atoms with Gasteiger partial charge in [0.05, 0.1) is 18.1 Å². The number of hydrogen-bond acceptors (Lipinski definition) is 5. The first kappa shape index (κ1) is 12.9. The highest BCUT2D eigenvalue weighted by molar-refractivity contribution is 5.88. The predicted octanol–water partition coefficient (Wildman–Crippen LogP) is 0.649. The van der Waals surface area contributed by atoms with Crippen molar-refractivity contribution in [3.8, 4) is 0 Å². The number of carbonyl (C=O) groups is 1. The average Bonchev–Trinajstić information content (AvgIpc) is 2.79. The molecule has 0 aliphatic heterocycles. The first-order valence-electron chi connectivity index (χ1n) is 5.53. The van der Waals surface area contributed by atoms with Crippen molar-refractivity contribution in [1.82, 2.24) is 9.78 Å². The summed E-state index contributed by atoms with van der Waals surface area (Å²) < 4.78 is 6.22. The maximum absolute atomic E-state index is 11.8. The van der Waals surface area contributed by atoms with Gasteiger partial charge in [-0.25, -0.2) is 9.48 Å². The van der Waals surface area contributed by atoms with Gasteiger partial charge in [-0.3, -0.25) is 4.79 Å². The second-order valence-corrected chi connectivity index (χ2v) is 4.17. The third kappa shape index (κ3) is 2.65. The highest BCUT2D eigenvalue weighted by atomic mass is 16.4. The number of carboxylic acid groups (broad SMARTS) is 1. The zero-order valence-corrected chi connectivity index (χ0v) is 10.5. The first-order chi connectivity index (χ1) is 8.99. The van der Waals surface area contributed by atoms with E-state index in [1.165, 1.54) is 24.6 Å². The molecule has 0 amide bonds. The molecule has 0 bridgehead atoms. The number of rotatable bonds is 4. The van der Waals surface area contributed by atoms with Gasteiger partial charge in [0.1, 0.15) is 17.9 Å². The van der Waals surface area contributed by atoms with Crippen LogP contribution in [0.3, 0.4) is 0 Å². The van der Waals surface area contributed by atoms with Crippen LogP contribution in [0.2, 0.25) is 0 Å². The van der Waals surface area contributed by atoms with Crippen molar-refractivity contribution in [3.63, 3.8) is 0 Å². The van der Waals surface area contributed by atoms with Gasteiger partial charge < -0.3 is 14.4 Å². The Kier molecular flexibility index (Phi) is 3.37. The van der Waals surface area contributed by atoms with Gasteiger partial charge in [-0.05, 0) is 6.07 Å². The van der Waals surface area contributed by atoms with Crippen LogP contribution < -0.4 is 10.5 Å². The molecule has 7 heteroatoms. The van der Waals surface area contributed by atoms with Crippen LogP contribution in [0.5, 0.6) is 0 Å². The lowest BCUT2D eigenvalue weighted by Gasteiger charge is -2.12. The number of anilines is 1. The van der Waals surface area contributed by atoms with Gasteiger partial charge in [-0.2, -0.15) is 5.10 Å². The minimum absolute atomic E-state index is 0.0127. The Hall–Kier alpha value is -2.57. The number of hydrogen-bond donors (Lipinski definition) is 1. The van der Waals surface area contributed by atoms with Crippen LogP contribution in [-0.4, -0.2) is 35.0 Å². The fourth-order valence-electron chi connectivity index (χ4n) is 1.58. The van der Waals surface area contributed by atoms with Crippen molar-refractivity contribution in [1.29, 1.82) is 0 Å². The number of nitrogens with zero attached hydrogens (tertiary/aromatic N) is 3. The van der Waals surface area contributed by atoms with Crippen LogP contribution in [0.1, 0.15) is 16.1 Å². The average molecular weight is 263 g/mol. The number of furan rings is 1. The third-order valence-electron chi connectivity index (χ3n) is 2.64. The van der Waals surface area contributed by atoms with E-state index >= 15 is 0 Å². The summed E-state index contributed by atoms with van der Waals surface area (Å²) in [6.45, 7) is -0.0127. The van der Waals surface area contributed by atoms with Gasteiger partial charge in [-0.1, -0.05) is 0 Å². The second-order valence-electron chi connectivity index (χ2n) is 4.17. The standard InChI is InChI=1S/C12H13N3O4/c1-14(2)8-5-11(16)15(13-6-8)7-10-9(12(17)18)3-4-19-10/h3-6H,7H2,1-2H3,(H,17,18). The largest absolute Gasteiger partial charge is 0.478 e. The van der Waals surface area contributed by atoms with Crippen LogP contribution in [-0.2, 0) is 6.54 Å². The highest BCUT2D eigenvalue weighted by Crippen LogP contribution is 2.11. The van der Waals surface area contributed by atoms with Gasteiger partial charge in [0.25, 0.3) is 5.56 Å². The molecule has 2 aromatic rings. The van der Waals surface area contributed by atoms with Crippen LogP contribution in [0.4, 0.5) is 5.69 Å². The van der Waals surface area contributed by atoms with Crippen molar-refractivity contribution in [2.45, 2.75) is 6.54 Å². The molecule has 2 rings (SSSR count). The van der Waals surface area contributed by atoms with E-state index in [2.05, 4.69) is 5.10 Å². The molecule has 0 fully saturated rings. The molecule has 100 valence electrons. The topological polar surface area (TPSA) is 88.6 Å². The summed E-state index contributed by atoms with van der Waals surface area (Å²) in [6.07, 6.45) is 2.81. The van der Waals surface area contributed by atoms with Crippen molar-refractivity contribution in [3.05, 3.63) is 46.3 Å². The second kappa shape index (κ2) is 4.97. The van der Waals surface area contributed by atoms with Gasteiger partial charge in [0, 0.05) is 20.2 Å². The monoisotopic (exact) mass is 263 g/mol. The van der Waals surface area contributed by atoms with E-state index in [-0.39, 0.29) is 23.4 Å². The molecular formula is C12H13N3O4. The lowest BCUT2D eigenvalue weighted by Crippen LogP contribution is -2.25. The number of carboxylic acids is 1. The molecule has 0 atom stereocenters. The molecule has 2 heterocycles. The normalized spacial score (nSPS) is 10.4. The van der Waals surface area contributed by atoms with E-state index in [0.717, 1.165) is 4.68 Å². The van der Waals surface area contributed by atoms with E-state index in [9.17, 15) is 9.59 Å². The Morgan fingerprint density at radius 3 is 2.84 bits per heavy atom. The summed E-state index contributed by atoms with van der Waals surface area (Å²) in [5, 5.41) is 12.9. The molecule has 0 saturated heterocycles. The van der Waals surface area contributed by atoms with E-state index in [1.54, 1.807) is 19.0 Å². The molecule has 2 aromatic heterocycles. The minimum Gasteiger partial charge on any atom is -0.478 e. The summed E-state index contributed by atoms with van der Waals surface area (Å²) in [7, 11) is 3.60. The molecule has 19 heavy (non-hydrogen) atoms. The zero-order valence-electron chi connectivity index (χ0n) is 10.5. The highest BCUT2D eigenvalue weighted by Gasteiger charge is 2.14. The van der Waals surface area contributed by atoms with Gasteiger partial charge in [0.2, 0.25) is 0 Å². The molecule has 0 saturated carbocycles. The molecule has 0 aliphatic carbocycles. The quantitative estimate of drug-likeness (QED) is 0.871. The van der Waals surface area contributed by atoms with Crippen molar-refractivity contribution >= 4 is 11.7 Å². The Labute approximate surface area is 108 Å². The number of aromatic nitrogens is 2. The summed E-state index contributed by atoms with van der Waals surface area (Å²) in [6, 6.07) is 2.77. The van der Waals surface area contributed by atoms with E-state index in [0.29, 0.717) is 5.69 Å². The molecule has 0 spiro atoms. The van der Waals surface area contributed by atoms with Crippen LogP contribution in [0, 0.1) is 0 Å². The molecule has 7 nitrogen and oxygen atoms in total. The summed E-state index contributed by atoms with van der Waals surface area (Å²) in [5.74, 6) is -0.901. The van der Waals surface area contributed by atoms with Crippen LogP contribution in [0.15, 0.2) is 33.8 Å². The van der Waals surface area contributed by atoms with Gasteiger partial charge >= 0.3 is 5.97 Å². The maximum atomic E-state index is 11.8. The van der Waals surface area contributed by atoms with E-state index < -0.39 is 5.97 Å². The molecule has 0 aromatic carbocycles. The van der Waals surface area contributed by atoms with Crippen LogP contribution in [0.25, 0.3) is 0 Å². The van der Waals surface area contributed by atoms with Gasteiger partial charge in [0.15, 0.2) is 0 Å². The SMILES string of the molecule is CN(C)c1cnn(Cc2occc2C(=O)O)c(=O)c1. The molecular weight excluding hydrogens is 250 g/mol. The summed E-state index contributed by atoms with van der Waals surface area (Å²) in [4.78, 5) is 24.5. The van der Waals surface area contributed by atoms with Gasteiger partial charge in [-0.15, -0.1) is 0 Å². The molecule has 0 radical (unpaired) electrons. The summed E-state index contributed by atoms with van der Waals surface area (Å²) >= 11 is 0. The van der Waals surface area contributed by atoms with E-state index in [4.69, 9.17) is 9.52 Å². The predicted molar refractivity (Wildman–Crippen MR) is 67.6 cm³/mol. The lowest BCUT2D eigenvalue weighted by atomic mass is 10.2. The Bertz CT molecular complexity index is 657. The zero-order chi connectivity index (χ0) is 14.0. The Balaban J connectivity index is 2.31. The first-order valence-corrected chi connectivity index (χ1v) is 5.53. The lowest BCUT2D eigenvalue weighted by molar-refractivity contribution is 0.0694. The summed E-state index contributed by atoms with van der Waals surface area (Å²) in [5.41, 5.74) is 0.392.